The van der Waals surface area contributed by atoms with E-state index in [-0.39, 0.29) is 0 Å². The maximum atomic E-state index is 5.78. The van der Waals surface area contributed by atoms with E-state index in [1.54, 1.807) is 0 Å². The summed E-state index contributed by atoms with van der Waals surface area (Å²) in [4.78, 5) is 0. The number of rotatable bonds is 6. The van der Waals surface area contributed by atoms with Crippen LogP contribution < -0.4 is 0 Å². The van der Waals surface area contributed by atoms with Crippen molar-refractivity contribution in [2.75, 3.05) is 0 Å². The lowest BCUT2D eigenvalue weighted by molar-refractivity contribution is 0.666. The largest absolute Gasteiger partial charge is 0.122 e. The van der Waals surface area contributed by atoms with Gasteiger partial charge in [0.2, 0.25) is 0 Å². The number of benzene rings is 1. The molecule has 0 radical (unpaired) electrons. The van der Waals surface area contributed by atoms with Gasteiger partial charge in [-0.05, 0) is 24.0 Å². The van der Waals surface area contributed by atoms with Crippen LogP contribution in [0, 0.1) is 0 Å². The summed E-state index contributed by atoms with van der Waals surface area (Å²) in [6.45, 7) is 2.24. The Labute approximate surface area is 92.3 Å². The van der Waals surface area contributed by atoms with Crippen molar-refractivity contribution in [3.8, 4) is 0 Å². The molecule has 0 nitrogen and oxygen atoms in total. The third-order valence-corrected chi connectivity index (χ3v) is 2.77. The topological polar surface area (TPSA) is 0 Å². The van der Waals surface area contributed by atoms with E-state index < -0.39 is 0 Å². The third kappa shape index (κ3) is 4.15. The molecule has 0 heterocycles. The second-order valence-corrected chi connectivity index (χ2v) is 4.03. The number of alkyl halides is 1. The van der Waals surface area contributed by atoms with Crippen LogP contribution in [0.1, 0.15) is 43.7 Å². The van der Waals surface area contributed by atoms with Crippen LogP contribution in [0.3, 0.4) is 0 Å². The smallest absolute Gasteiger partial charge is 0.0474 e. The highest BCUT2D eigenvalue weighted by molar-refractivity contribution is 6.17. The molecular formula is C13H19Cl. The molecule has 0 N–H and O–H groups in total. The van der Waals surface area contributed by atoms with Crippen molar-refractivity contribution in [3.63, 3.8) is 0 Å². The minimum Gasteiger partial charge on any atom is -0.122 e. The fourth-order valence-electron chi connectivity index (χ4n) is 1.62. The van der Waals surface area contributed by atoms with E-state index >= 15 is 0 Å². The highest BCUT2D eigenvalue weighted by Gasteiger charge is 1.95. The summed E-state index contributed by atoms with van der Waals surface area (Å²) in [6, 6.07) is 8.61. The molecule has 0 fully saturated rings. The lowest BCUT2D eigenvalue weighted by Gasteiger charge is -2.02. The molecule has 0 atom stereocenters. The molecule has 0 spiro atoms. The van der Waals surface area contributed by atoms with E-state index in [4.69, 9.17) is 11.6 Å². The zero-order valence-corrected chi connectivity index (χ0v) is 9.69. The molecule has 0 amide bonds. The lowest BCUT2D eigenvalue weighted by Crippen LogP contribution is -1.87. The van der Waals surface area contributed by atoms with Crippen molar-refractivity contribution in [2.24, 2.45) is 0 Å². The SMILES string of the molecule is CCCCCCc1cccc(CCl)c1. The fraction of sp³-hybridized carbons (Fsp3) is 0.538. The molecule has 0 unspecified atom stereocenters. The molecule has 0 saturated heterocycles. The van der Waals surface area contributed by atoms with E-state index in [0.29, 0.717) is 5.88 Å². The van der Waals surface area contributed by atoms with Crippen molar-refractivity contribution >= 4 is 11.6 Å². The van der Waals surface area contributed by atoms with E-state index in [1.165, 1.54) is 43.2 Å². The molecule has 0 bridgehead atoms. The summed E-state index contributed by atoms with van der Waals surface area (Å²) in [5.74, 6) is 0.628. The van der Waals surface area contributed by atoms with E-state index in [2.05, 4.69) is 31.2 Å². The van der Waals surface area contributed by atoms with Gasteiger partial charge in [0.1, 0.15) is 0 Å². The van der Waals surface area contributed by atoms with Gasteiger partial charge < -0.3 is 0 Å². The molecule has 0 aliphatic carbocycles. The molecule has 1 aromatic carbocycles. The quantitative estimate of drug-likeness (QED) is 0.478. The first-order chi connectivity index (χ1) is 6.86. The lowest BCUT2D eigenvalue weighted by atomic mass is 10.0. The highest BCUT2D eigenvalue weighted by atomic mass is 35.5. The Hall–Kier alpha value is -0.490. The summed E-state index contributed by atoms with van der Waals surface area (Å²) in [5, 5.41) is 0. The molecule has 1 aromatic rings. The fourth-order valence-corrected chi connectivity index (χ4v) is 1.79. The van der Waals surface area contributed by atoms with Crippen LogP contribution in [-0.2, 0) is 12.3 Å². The standard InChI is InChI=1S/C13H19Cl/c1-2-3-4-5-7-12-8-6-9-13(10-12)11-14/h6,8-10H,2-5,7,11H2,1H3. The van der Waals surface area contributed by atoms with Crippen LogP contribution in [0.4, 0.5) is 0 Å². The van der Waals surface area contributed by atoms with Gasteiger partial charge in [-0.25, -0.2) is 0 Å². The van der Waals surface area contributed by atoms with Crippen LogP contribution in [0.2, 0.25) is 0 Å². The van der Waals surface area contributed by atoms with Gasteiger partial charge in [-0.1, -0.05) is 50.5 Å². The molecule has 1 heteroatoms. The van der Waals surface area contributed by atoms with Gasteiger partial charge in [0.25, 0.3) is 0 Å². The summed E-state index contributed by atoms with van der Waals surface area (Å²) in [5.41, 5.74) is 2.67. The van der Waals surface area contributed by atoms with Crippen LogP contribution >= 0.6 is 11.6 Å². The monoisotopic (exact) mass is 210 g/mol. The van der Waals surface area contributed by atoms with Crippen LogP contribution in [0.25, 0.3) is 0 Å². The van der Waals surface area contributed by atoms with Crippen molar-refractivity contribution in [2.45, 2.75) is 44.9 Å². The predicted molar refractivity (Wildman–Crippen MR) is 63.8 cm³/mol. The number of halogens is 1. The van der Waals surface area contributed by atoms with Crippen molar-refractivity contribution in [3.05, 3.63) is 35.4 Å². The Morgan fingerprint density at radius 2 is 1.86 bits per heavy atom. The van der Waals surface area contributed by atoms with E-state index in [0.717, 1.165) is 0 Å². The minimum atomic E-state index is 0.628. The first kappa shape index (κ1) is 11.6. The maximum absolute atomic E-state index is 5.78. The third-order valence-electron chi connectivity index (χ3n) is 2.46. The summed E-state index contributed by atoms with van der Waals surface area (Å²) in [6.07, 6.45) is 6.52. The Morgan fingerprint density at radius 3 is 2.57 bits per heavy atom. The van der Waals surface area contributed by atoms with Gasteiger partial charge in [-0.15, -0.1) is 11.6 Å². The Bertz CT molecular complexity index is 255. The Balaban J connectivity index is 2.34. The Morgan fingerprint density at radius 1 is 1.07 bits per heavy atom. The summed E-state index contributed by atoms with van der Waals surface area (Å²) < 4.78 is 0. The molecule has 0 aliphatic heterocycles. The second kappa shape index (κ2) is 6.89. The van der Waals surface area contributed by atoms with Gasteiger partial charge in [0.15, 0.2) is 0 Å². The van der Waals surface area contributed by atoms with Crippen LogP contribution in [0.15, 0.2) is 24.3 Å². The van der Waals surface area contributed by atoms with Gasteiger partial charge in [-0.2, -0.15) is 0 Å². The van der Waals surface area contributed by atoms with Crippen molar-refractivity contribution in [1.29, 1.82) is 0 Å². The van der Waals surface area contributed by atoms with Crippen LogP contribution in [0.5, 0.6) is 0 Å². The zero-order chi connectivity index (χ0) is 10.2. The molecule has 0 saturated carbocycles. The molecule has 1 rings (SSSR count). The van der Waals surface area contributed by atoms with E-state index in [9.17, 15) is 0 Å². The summed E-state index contributed by atoms with van der Waals surface area (Å²) >= 11 is 5.78. The van der Waals surface area contributed by atoms with Crippen LogP contribution in [-0.4, -0.2) is 0 Å². The number of aryl methyl sites for hydroxylation is 1. The normalized spacial score (nSPS) is 10.4. The Kier molecular flexibility index (Phi) is 5.70. The maximum Gasteiger partial charge on any atom is 0.0474 e. The average Bonchev–Trinajstić information content (AvgIpc) is 2.25. The molecule has 0 aliphatic rings. The molecule has 14 heavy (non-hydrogen) atoms. The minimum absolute atomic E-state index is 0.628. The molecule has 78 valence electrons. The second-order valence-electron chi connectivity index (χ2n) is 3.76. The number of hydrogen-bond donors (Lipinski definition) is 0. The number of unbranched alkanes of at least 4 members (excludes halogenated alkanes) is 3. The zero-order valence-electron chi connectivity index (χ0n) is 8.93. The molecular weight excluding hydrogens is 192 g/mol. The summed E-state index contributed by atoms with van der Waals surface area (Å²) in [7, 11) is 0. The number of hydrogen-bond acceptors (Lipinski definition) is 0. The first-order valence-corrected chi connectivity index (χ1v) is 6.04. The first-order valence-electron chi connectivity index (χ1n) is 5.50. The van der Waals surface area contributed by atoms with Crippen molar-refractivity contribution < 1.29 is 0 Å². The van der Waals surface area contributed by atoms with Gasteiger partial charge in [0, 0.05) is 5.88 Å². The van der Waals surface area contributed by atoms with Crippen molar-refractivity contribution in [1.82, 2.24) is 0 Å². The van der Waals surface area contributed by atoms with E-state index in [1.807, 2.05) is 0 Å². The van der Waals surface area contributed by atoms with Gasteiger partial charge >= 0.3 is 0 Å². The highest BCUT2D eigenvalue weighted by Crippen LogP contribution is 2.11. The van der Waals surface area contributed by atoms with Gasteiger partial charge in [0.05, 0.1) is 0 Å². The predicted octanol–water partition coefficient (Wildman–Crippen LogP) is 4.55. The molecule has 0 aromatic heterocycles. The average molecular weight is 211 g/mol. The van der Waals surface area contributed by atoms with Gasteiger partial charge in [-0.3, -0.25) is 0 Å².